The normalized spacial score (nSPS) is 13.5. The largest absolute Gasteiger partial charge is 0.203 e. The molecule has 2 aromatic rings. The topological polar surface area (TPSA) is 0 Å². The lowest BCUT2D eigenvalue weighted by Gasteiger charge is -2.21. The number of hydrogen-bond donors (Lipinski definition) is 0. The third kappa shape index (κ3) is 4.55. The number of unbranched alkanes of at least 4 members (excludes halogenated alkanes) is 1. The highest BCUT2D eigenvalue weighted by molar-refractivity contribution is 9.10. The van der Waals surface area contributed by atoms with E-state index in [2.05, 4.69) is 29.8 Å². The molecule has 0 radical (unpaired) electrons. The zero-order valence-corrected chi connectivity index (χ0v) is 17.9. The van der Waals surface area contributed by atoms with Crippen LogP contribution in [0.5, 0.6) is 0 Å². The summed E-state index contributed by atoms with van der Waals surface area (Å²) in [5.74, 6) is -1.86. The van der Waals surface area contributed by atoms with Crippen molar-refractivity contribution < 1.29 is 8.78 Å². The molecule has 0 N–H and O–H groups in total. The molecule has 0 bridgehead atoms. The van der Waals surface area contributed by atoms with Gasteiger partial charge < -0.3 is 0 Å². The number of aryl methyl sites for hydroxylation is 1. The molecule has 0 spiro atoms. The maximum atomic E-state index is 14.5. The van der Waals surface area contributed by atoms with Gasteiger partial charge in [-0.05, 0) is 83.1 Å². The maximum absolute atomic E-state index is 14.5. The first-order valence-electron chi connectivity index (χ1n) is 8.87. The Morgan fingerprint density at radius 1 is 1.15 bits per heavy atom. The smallest absolute Gasteiger partial charge is 0.173 e. The van der Waals surface area contributed by atoms with Gasteiger partial charge in [0.2, 0.25) is 0 Å². The van der Waals surface area contributed by atoms with Crippen molar-refractivity contribution in [1.82, 2.24) is 0 Å². The first-order valence-corrected chi connectivity index (χ1v) is 10.0. The van der Waals surface area contributed by atoms with E-state index in [1.807, 2.05) is 32.0 Å². The summed E-state index contributed by atoms with van der Waals surface area (Å²) in [4.78, 5) is 0. The van der Waals surface area contributed by atoms with Crippen LogP contribution in [0.15, 0.2) is 40.4 Å². The lowest BCUT2D eigenvalue weighted by Crippen LogP contribution is -2.05. The number of halogens is 4. The molecule has 1 unspecified atom stereocenters. The minimum Gasteiger partial charge on any atom is -0.203 e. The van der Waals surface area contributed by atoms with Crippen LogP contribution < -0.4 is 0 Å². The van der Waals surface area contributed by atoms with E-state index in [0.717, 1.165) is 36.0 Å². The van der Waals surface area contributed by atoms with E-state index in [-0.39, 0.29) is 10.4 Å². The molecule has 1 atom stereocenters. The van der Waals surface area contributed by atoms with Crippen molar-refractivity contribution in [3.05, 3.63) is 73.7 Å². The molecule has 140 valence electrons. The van der Waals surface area contributed by atoms with Gasteiger partial charge in [0.05, 0.1) is 4.47 Å². The van der Waals surface area contributed by atoms with Crippen LogP contribution in [0.1, 0.15) is 62.6 Å². The molecular formula is C22H24BrClF2. The average molecular weight is 442 g/mol. The Balaban J connectivity index is 2.58. The summed E-state index contributed by atoms with van der Waals surface area (Å²) in [6.45, 7) is 8.13. The van der Waals surface area contributed by atoms with Crippen LogP contribution in [-0.2, 0) is 0 Å². The number of rotatable bonds is 6. The lowest BCUT2D eigenvalue weighted by atomic mass is 9.84. The monoisotopic (exact) mass is 440 g/mol. The molecule has 2 rings (SSSR count). The summed E-state index contributed by atoms with van der Waals surface area (Å²) in [6.07, 6.45) is 2.98. The number of benzene rings is 2. The predicted octanol–water partition coefficient (Wildman–Crippen LogP) is 8.46. The van der Waals surface area contributed by atoms with Crippen LogP contribution in [0.2, 0.25) is 5.02 Å². The van der Waals surface area contributed by atoms with Gasteiger partial charge >= 0.3 is 0 Å². The van der Waals surface area contributed by atoms with Crippen LogP contribution in [0.3, 0.4) is 0 Å². The molecule has 0 fully saturated rings. The summed E-state index contributed by atoms with van der Waals surface area (Å²) in [5, 5.41) is 0.681. The van der Waals surface area contributed by atoms with E-state index in [9.17, 15) is 8.78 Å². The van der Waals surface area contributed by atoms with Gasteiger partial charge in [0.15, 0.2) is 11.6 Å². The van der Waals surface area contributed by atoms with Crippen LogP contribution in [0.25, 0.3) is 5.57 Å². The molecule has 0 amide bonds. The molecule has 0 heterocycles. The zero-order chi connectivity index (χ0) is 19.4. The molecule has 0 saturated carbocycles. The predicted molar refractivity (Wildman–Crippen MR) is 111 cm³/mol. The van der Waals surface area contributed by atoms with Gasteiger partial charge in [-0.3, -0.25) is 0 Å². The minimum absolute atomic E-state index is 0.143. The van der Waals surface area contributed by atoms with Crippen LogP contribution in [-0.4, -0.2) is 0 Å². The molecule has 2 aromatic carbocycles. The standard InChI is InChI=1S/C22H24BrClF2/c1-5-6-7-17(19-12-16(24)9-8-13(19)2)14(3)15(4)18-10-11-20(23)22(26)21(18)25/h8-12,15H,5-7H2,1-4H3/b17-14+. The third-order valence-electron chi connectivity index (χ3n) is 4.96. The molecule has 0 aromatic heterocycles. The highest BCUT2D eigenvalue weighted by Crippen LogP contribution is 2.37. The summed E-state index contributed by atoms with van der Waals surface area (Å²) in [7, 11) is 0. The molecule has 0 aliphatic carbocycles. The molecule has 0 saturated heterocycles. The Morgan fingerprint density at radius 2 is 1.85 bits per heavy atom. The molecule has 0 aliphatic rings. The number of hydrogen-bond acceptors (Lipinski definition) is 0. The Hall–Kier alpha value is -1.19. The minimum atomic E-state index is -0.837. The molecule has 0 aliphatic heterocycles. The molecular weight excluding hydrogens is 418 g/mol. The maximum Gasteiger partial charge on any atom is 0.173 e. The quantitative estimate of drug-likeness (QED) is 0.394. The van der Waals surface area contributed by atoms with Crippen molar-refractivity contribution in [2.45, 2.75) is 52.9 Å². The van der Waals surface area contributed by atoms with Gasteiger partial charge in [-0.2, -0.15) is 0 Å². The van der Waals surface area contributed by atoms with Crippen LogP contribution in [0, 0.1) is 18.6 Å². The fraction of sp³-hybridized carbons (Fsp3) is 0.364. The average Bonchev–Trinajstić information content (AvgIpc) is 2.62. The van der Waals surface area contributed by atoms with Crippen molar-refractivity contribution in [3.8, 4) is 0 Å². The Kier molecular flexibility index (Phi) is 7.42. The molecule has 0 nitrogen and oxygen atoms in total. The third-order valence-corrected chi connectivity index (χ3v) is 5.81. The summed E-state index contributed by atoms with van der Waals surface area (Å²) < 4.78 is 28.6. The fourth-order valence-electron chi connectivity index (χ4n) is 3.19. The second-order valence-corrected chi connectivity index (χ2v) is 8.00. The molecule has 26 heavy (non-hydrogen) atoms. The fourth-order valence-corrected chi connectivity index (χ4v) is 3.67. The van der Waals surface area contributed by atoms with E-state index in [1.165, 1.54) is 5.57 Å². The summed E-state index contributed by atoms with van der Waals surface area (Å²) in [6, 6.07) is 9.06. The van der Waals surface area contributed by atoms with Gasteiger partial charge in [-0.1, -0.05) is 49.6 Å². The van der Waals surface area contributed by atoms with Crippen molar-refractivity contribution in [2.75, 3.05) is 0 Å². The second-order valence-electron chi connectivity index (χ2n) is 6.71. The van der Waals surface area contributed by atoms with Gasteiger partial charge in [0.1, 0.15) is 0 Å². The second kappa shape index (κ2) is 9.14. The van der Waals surface area contributed by atoms with E-state index in [1.54, 1.807) is 12.1 Å². The van der Waals surface area contributed by atoms with Crippen molar-refractivity contribution >= 4 is 33.1 Å². The van der Waals surface area contributed by atoms with Crippen LogP contribution in [0.4, 0.5) is 8.78 Å². The van der Waals surface area contributed by atoms with Crippen molar-refractivity contribution in [1.29, 1.82) is 0 Å². The highest BCUT2D eigenvalue weighted by atomic mass is 79.9. The van der Waals surface area contributed by atoms with Gasteiger partial charge in [0, 0.05) is 10.9 Å². The highest BCUT2D eigenvalue weighted by Gasteiger charge is 2.21. The number of allylic oxidation sites excluding steroid dienone is 2. The van der Waals surface area contributed by atoms with E-state index >= 15 is 0 Å². The van der Waals surface area contributed by atoms with Crippen molar-refractivity contribution in [2.24, 2.45) is 0 Å². The van der Waals surface area contributed by atoms with E-state index < -0.39 is 11.6 Å². The van der Waals surface area contributed by atoms with Crippen LogP contribution >= 0.6 is 27.5 Å². The first-order chi connectivity index (χ1) is 12.3. The summed E-state index contributed by atoms with van der Waals surface area (Å²) in [5.41, 5.74) is 4.81. The van der Waals surface area contributed by atoms with Gasteiger partial charge in [-0.15, -0.1) is 0 Å². The molecule has 4 heteroatoms. The Morgan fingerprint density at radius 3 is 2.50 bits per heavy atom. The lowest BCUT2D eigenvalue weighted by molar-refractivity contribution is 0.491. The SMILES string of the molecule is CCCC/C(=C(/C)C(C)c1ccc(Br)c(F)c1F)c1cc(Cl)ccc1C. The van der Waals surface area contributed by atoms with Crippen molar-refractivity contribution in [3.63, 3.8) is 0 Å². The zero-order valence-electron chi connectivity index (χ0n) is 15.6. The Labute approximate surface area is 168 Å². The summed E-state index contributed by atoms with van der Waals surface area (Å²) >= 11 is 9.26. The first kappa shape index (κ1) is 21.1. The Bertz CT molecular complexity index is 827. The van der Waals surface area contributed by atoms with E-state index in [0.29, 0.717) is 10.6 Å². The van der Waals surface area contributed by atoms with E-state index in [4.69, 9.17) is 11.6 Å². The van der Waals surface area contributed by atoms with Gasteiger partial charge in [-0.25, -0.2) is 8.78 Å². The van der Waals surface area contributed by atoms with Gasteiger partial charge in [0.25, 0.3) is 0 Å².